The van der Waals surface area contributed by atoms with Gasteiger partial charge in [-0.05, 0) is 31.4 Å². The Kier molecular flexibility index (Phi) is 3.84. The Labute approximate surface area is 140 Å². The molecule has 0 saturated carbocycles. The summed E-state index contributed by atoms with van der Waals surface area (Å²) in [6, 6.07) is 8.42. The molecule has 1 aliphatic rings. The monoisotopic (exact) mass is 322 g/mol. The van der Waals surface area contributed by atoms with Crippen molar-refractivity contribution in [1.29, 1.82) is 0 Å². The van der Waals surface area contributed by atoms with E-state index >= 15 is 0 Å². The van der Waals surface area contributed by atoms with Crippen LogP contribution in [0.4, 0.5) is 5.82 Å². The second-order valence-corrected chi connectivity index (χ2v) is 6.42. The smallest absolute Gasteiger partial charge is 0.293 e. The van der Waals surface area contributed by atoms with Crippen molar-refractivity contribution in [3.8, 4) is 0 Å². The summed E-state index contributed by atoms with van der Waals surface area (Å²) >= 11 is 0. The van der Waals surface area contributed by atoms with Gasteiger partial charge in [0, 0.05) is 55.0 Å². The molecule has 5 heteroatoms. The lowest BCUT2D eigenvalue weighted by molar-refractivity contribution is 0.506. The first kappa shape index (κ1) is 15.0. The molecule has 2 aromatic heterocycles. The minimum atomic E-state index is 0.0135. The molecule has 3 aromatic rings. The molecular formula is C19H22N4O. The van der Waals surface area contributed by atoms with Gasteiger partial charge in [-0.2, -0.15) is 0 Å². The van der Waals surface area contributed by atoms with Gasteiger partial charge in [0.15, 0.2) is 5.82 Å². The van der Waals surface area contributed by atoms with Crippen LogP contribution in [0.15, 0.2) is 47.7 Å². The van der Waals surface area contributed by atoms with E-state index in [0.29, 0.717) is 18.3 Å². The highest BCUT2D eigenvalue weighted by Gasteiger charge is 2.25. The highest BCUT2D eigenvalue weighted by atomic mass is 16.1. The minimum absolute atomic E-state index is 0.0135. The van der Waals surface area contributed by atoms with Crippen LogP contribution < -0.4 is 10.5 Å². The predicted molar refractivity (Wildman–Crippen MR) is 96.7 cm³/mol. The van der Waals surface area contributed by atoms with Crippen molar-refractivity contribution in [1.82, 2.24) is 14.5 Å². The van der Waals surface area contributed by atoms with E-state index < -0.39 is 0 Å². The van der Waals surface area contributed by atoms with E-state index in [1.165, 1.54) is 16.5 Å². The molecule has 1 aromatic carbocycles. The molecule has 0 aliphatic carbocycles. The van der Waals surface area contributed by atoms with Gasteiger partial charge in [0.2, 0.25) is 0 Å². The number of rotatable bonds is 3. The van der Waals surface area contributed by atoms with Crippen LogP contribution in [0.3, 0.4) is 0 Å². The molecule has 0 amide bonds. The Balaban J connectivity index is 1.66. The van der Waals surface area contributed by atoms with Crippen molar-refractivity contribution in [3.63, 3.8) is 0 Å². The van der Waals surface area contributed by atoms with Crippen molar-refractivity contribution < 1.29 is 0 Å². The number of hydrogen-bond acceptors (Lipinski definition) is 3. The van der Waals surface area contributed by atoms with Crippen molar-refractivity contribution in [2.45, 2.75) is 32.2 Å². The number of nitrogens with zero attached hydrogens (tertiary/aromatic N) is 3. The lowest BCUT2D eigenvalue weighted by Crippen LogP contribution is -2.39. The third-order valence-corrected chi connectivity index (χ3v) is 5.02. The third kappa shape index (κ3) is 2.50. The molecule has 0 spiro atoms. The van der Waals surface area contributed by atoms with Gasteiger partial charge in [-0.25, -0.2) is 4.98 Å². The number of fused-ring (bicyclic) bond motifs is 1. The molecule has 1 N–H and O–H groups in total. The van der Waals surface area contributed by atoms with Gasteiger partial charge in [-0.3, -0.25) is 4.79 Å². The Hall–Kier alpha value is -2.56. The van der Waals surface area contributed by atoms with Crippen LogP contribution in [-0.4, -0.2) is 27.6 Å². The molecule has 3 heterocycles. The average molecular weight is 322 g/mol. The van der Waals surface area contributed by atoms with Crippen LogP contribution in [-0.2, 0) is 6.54 Å². The number of para-hydroxylation sites is 1. The second-order valence-electron chi connectivity index (χ2n) is 6.42. The number of anilines is 1. The molecule has 1 fully saturated rings. The first-order chi connectivity index (χ1) is 11.8. The van der Waals surface area contributed by atoms with E-state index in [4.69, 9.17) is 0 Å². The predicted octanol–water partition coefficient (Wildman–Crippen LogP) is 3.13. The number of H-pyrrole nitrogens is 1. The first-order valence-electron chi connectivity index (χ1n) is 8.64. The van der Waals surface area contributed by atoms with E-state index in [9.17, 15) is 4.79 Å². The molecule has 1 saturated heterocycles. The number of benzene rings is 1. The summed E-state index contributed by atoms with van der Waals surface area (Å²) in [6.45, 7) is 4.40. The van der Waals surface area contributed by atoms with Gasteiger partial charge < -0.3 is 14.5 Å². The first-order valence-corrected chi connectivity index (χ1v) is 8.64. The van der Waals surface area contributed by atoms with Gasteiger partial charge in [0.25, 0.3) is 5.56 Å². The zero-order valence-electron chi connectivity index (χ0n) is 13.9. The lowest BCUT2D eigenvalue weighted by atomic mass is 9.90. The van der Waals surface area contributed by atoms with Crippen LogP contribution >= 0.6 is 0 Å². The molecule has 0 unspecified atom stereocenters. The normalized spacial score (nSPS) is 18.2. The minimum Gasteiger partial charge on any atom is -0.361 e. The molecule has 1 atom stereocenters. The maximum Gasteiger partial charge on any atom is 0.293 e. The molecule has 0 radical (unpaired) electrons. The molecular weight excluding hydrogens is 300 g/mol. The summed E-state index contributed by atoms with van der Waals surface area (Å²) in [5, 5.41) is 1.29. The quantitative estimate of drug-likeness (QED) is 0.806. The highest BCUT2D eigenvalue weighted by molar-refractivity contribution is 5.83. The number of nitrogens with one attached hydrogen (secondary N) is 1. The number of aromatic amines is 1. The van der Waals surface area contributed by atoms with E-state index in [2.05, 4.69) is 45.3 Å². The summed E-state index contributed by atoms with van der Waals surface area (Å²) in [7, 11) is 0. The zero-order valence-corrected chi connectivity index (χ0v) is 13.9. The molecule has 124 valence electrons. The fraction of sp³-hybridized carbons (Fsp3) is 0.368. The summed E-state index contributed by atoms with van der Waals surface area (Å²) in [5.74, 6) is 1.01. The summed E-state index contributed by atoms with van der Waals surface area (Å²) in [6.07, 6.45) is 7.84. The SMILES string of the molecule is CCn1ccnc(N2CCC[C@H](c3c[nH]c4ccccc34)C2)c1=O. The Morgan fingerprint density at radius 3 is 3.08 bits per heavy atom. The largest absolute Gasteiger partial charge is 0.361 e. The summed E-state index contributed by atoms with van der Waals surface area (Å²) < 4.78 is 1.72. The van der Waals surface area contributed by atoms with Crippen molar-refractivity contribution in [2.24, 2.45) is 0 Å². The molecule has 5 nitrogen and oxygen atoms in total. The third-order valence-electron chi connectivity index (χ3n) is 5.02. The van der Waals surface area contributed by atoms with E-state index in [-0.39, 0.29) is 5.56 Å². The highest BCUT2D eigenvalue weighted by Crippen LogP contribution is 2.32. The van der Waals surface area contributed by atoms with Crippen LogP contribution in [0.1, 0.15) is 31.2 Å². The average Bonchev–Trinajstić information content (AvgIpc) is 3.06. The fourth-order valence-corrected chi connectivity index (χ4v) is 3.76. The number of hydrogen-bond donors (Lipinski definition) is 1. The van der Waals surface area contributed by atoms with E-state index in [1.807, 2.05) is 6.92 Å². The van der Waals surface area contributed by atoms with E-state index in [0.717, 1.165) is 25.9 Å². The number of piperidine rings is 1. The molecule has 1 aliphatic heterocycles. The van der Waals surface area contributed by atoms with Gasteiger partial charge in [0.1, 0.15) is 0 Å². The molecule has 4 rings (SSSR count). The van der Waals surface area contributed by atoms with E-state index in [1.54, 1.807) is 17.0 Å². The zero-order chi connectivity index (χ0) is 16.5. The topological polar surface area (TPSA) is 53.9 Å². The Morgan fingerprint density at radius 2 is 2.21 bits per heavy atom. The Bertz CT molecular complexity index is 911. The second kappa shape index (κ2) is 6.15. The maximum atomic E-state index is 12.6. The number of aryl methyl sites for hydroxylation is 1. The van der Waals surface area contributed by atoms with Crippen LogP contribution in [0.2, 0.25) is 0 Å². The van der Waals surface area contributed by atoms with Gasteiger partial charge in [-0.15, -0.1) is 0 Å². The van der Waals surface area contributed by atoms with Gasteiger partial charge >= 0.3 is 0 Å². The van der Waals surface area contributed by atoms with Gasteiger partial charge in [-0.1, -0.05) is 18.2 Å². The standard InChI is InChI=1S/C19H22N4O/c1-2-22-11-9-20-18(19(22)24)23-10-5-6-14(13-23)16-12-21-17-8-4-3-7-15(16)17/h3-4,7-9,11-12,14,21H,2,5-6,10,13H2,1H3/t14-/m0/s1. The van der Waals surface area contributed by atoms with Crippen LogP contribution in [0.5, 0.6) is 0 Å². The molecule has 0 bridgehead atoms. The number of aromatic nitrogens is 3. The fourth-order valence-electron chi connectivity index (χ4n) is 3.76. The van der Waals surface area contributed by atoms with Crippen molar-refractivity contribution >= 4 is 16.7 Å². The Morgan fingerprint density at radius 1 is 1.33 bits per heavy atom. The van der Waals surface area contributed by atoms with Crippen LogP contribution in [0, 0.1) is 0 Å². The summed E-state index contributed by atoms with van der Waals surface area (Å²) in [4.78, 5) is 22.5. The lowest BCUT2D eigenvalue weighted by Gasteiger charge is -2.33. The van der Waals surface area contributed by atoms with Crippen LogP contribution in [0.25, 0.3) is 10.9 Å². The maximum absolute atomic E-state index is 12.6. The van der Waals surface area contributed by atoms with Gasteiger partial charge in [0.05, 0.1) is 0 Å². The molecule has 24 heavy (non-hydrogen) atoms. The van der Waals surface area contributed by atoms with Crippen molar-refractivity contribution in [2.75, 3.05) is 18.0 Å². The van der Waals surface area contributed by atoms with Crippen molar-refractivity contribution in [3.05, 3.63) is 58.8 Å². The summed E-state index contributed by atoms with van der Waals surface area (Å²) in [5.41, 5.74) is 2.54.